The van der Waals surface area contributed by atoms with Gasteiger partial charge >= 0.3 is 0 Å². The molecule has 0 aromatic heterocycles. The molecule has 0 radical (unpaired) electrons. The normalized spacial score (nSPS) is 22.1. The summed E-state index contributed by atoms with van der Waals surface area (Å²) in [6.45, 7) is 58.7. The molecule has 0 aromatic carbocycles. The number of rotatable bonds is 21. The highest BCUT2D eigenvalue weighted by molar-refractivity contribution is 6.79. The summed E-state index contributed by atoms with van der Waals surface area (Å²) in [5.74, 6) is 0. The van der Waals surface area contributed by atoms with E-state index in [1.807, 2.05) is 0 Å². The van der Waals surface area contributed by atoms with E-state index >= 15 is 0 Å². The van der Waals surface area contributed by atoms with Crippen molar-refractivity contribution in [2.45, 2.75) is 257 Å². The summed E-state index contributed by atoms with van der Waals surface area (Å²) in [5.41, 5.74) is 5.54. The van der Waals surface area contributed by atoms with E-state index in [0.717, 1.165) is 0 Å². The summed E-state index contributed by atoms with van der Waals surface area (Å²) in [7, 11) is -9.22. The van der Waals surface area contributed by atoms with Crippen LogP contribution in [-0.4, -0.2) is 70.9 Å². The Morgan fingerprint density at radius 1 is 0.373 bits per heavy atom. The van der Waals surface area contributed by atoms with Crippen molar-refractivity contribution < 1.29 is 22.4 Å². The first-order valence-corrected chi connectivity index (χ1v) is 30.0. The van der Waals surface area contributed by atoms with Crippen molar-refractivity contribution in [1.29, 1.82) is 0 Å². The van der Waals surface area contributed by atoms with E-state index in [0.29, 0.717) is 79.7 Å². The Bertz CT molecular complexity index is 920. The van der Waals surface area contributed by atoms with Gasteiger partial charge in [-0.25, -0.2) is 0 Å². The Morgan fingerprint density at radius 2 is 0.627 bits per heavy atom. The predicted molar refractivity (Wildman–Crippen MR) is 235 cm³/mol. The molecule has 5 nitrogen and oxygen atoms in total. The highest BCUT2D eigenvalue weighted by atomic mass is 28.4. The molecule has 51 heavy (non-hydrogen) atoms. The van der Waals surface area contributed by atoms with Gasteiger partial charge in [-0.3, -0.25) is 0 Å². The Morgan fingerprint density at radius 3 is 0.902 bits per heavy atom. The summed E-state index contributed by atoms with van der Waals surface area (Å²) in [4.78, 5) is 0. The third-order valence-corrected chi connectivity index (χ3v) is 38.3. The lowest BCUT2D eigenvalue weighted by Gasteiger charge is -2.56. The van der Waals surface area contributed by atoms with Crippen LogP contribution in [0.5, 0.6) is 0 Å². The topological polar surface area (TPSA) is 46.2 Å². The highest BCUT2D eigenvalue weighted by Gasteiger charge is 2.58. The highest BCUT2D eigenvalue weighted by Crippen LogP contribution is 2.51. The van der Waals surface area contributed by atoms with Crippen LogP contribution in [0, 0.1) is 0 Å². The molecular weight excluding hydrogens is 697 g/mol. The summed E-state index contributed by atoms with van der Waals surface area (Å²) in [6.07, 6.45) is -0.881. The quantitative estimate of drug-likeness (QED) is 0.108. The van der Waals surface area contributed by atoms with Crippen LogP contribution < -0.4 is 0 Å². The average molecular weight is 790 g/mol. The van der Waals surface area contributed by atoms with Crippen molar-refractivity contribution in [3.63, 3.8) is 0 Å². The fourth-order valence-electron chi connectivity index (χ4n) is 12.0. The van der Waals surface area contributed by atoms with Gasteiger partial charge in [0.2, 0.25) is 25.0 Å². The van der Waals surface area contributed by atoms with E-state index < -0.39 is 33.3 Å². The zero-order valence-electron chi connectivity index (χ0n) is 38.7. The second-order valence-corrected chi connectivity index (χ2v) is 42.0. The standard InChI is InChI=1S/C42H92O5Si4/c1-27(2)48(28(3)4,29(5)6)44-26-39-41(46-50(33(13)14,34(15)16)35(17)18)42(47-51(36(19)20,37(21)22)38(23)24)40(25-43-39)45-49(30(7)8,31(9)10)32(11)12/h27-42H,25-26H2,1-24H3/t39-,40+,41-,42-/m1/s1. The predicted octanol–water partition coefficient (Wildman–Crippen LogP) is 14.3. The second-order valence-electron chi connectivity index (χ2n) is 20.3. The molecule has 1 rings (SSSR count). The van der Waals surface area contributed by atoms with E-state index in [9.17, 15) is 0 Å². The average Bonchev–Trinajstić information content (AvgIpc) is 2.96. The first-order chi connectivity index (χ1) is 23.2. The third-order valence-electron chi connectivity index (χ3n) is 13.9. The molecule has 4 atom stereocenters. The summed E-state index contributed by atoms with van der Waals surface area (Å²) in [6, 6.07) is 0. The smallest absolute Gasteiger partial charge is 0.201 e. The van der Waals surface area contributed by atoms with E-state index in [2.05, 4.69) is 166 Å². The maximum absolute atomic E-state index is 8.07. The molecule has 9 heteroatoms. The lowest BCUT2D eigenvalue weighted by atomic mass is 10.0. The van der Waals surface area contributed by atoms with Gasteiger partial charge in [0.1, 0.15) is 12.2 Å². The van der Waals surface area contributed by atoms with Crippen molar-refractivity contribution in [3.05, 3.63) is 0 Å². The molecule has 1 aliphatic rings. The van der Waals surface area contributed by atoms with Gasteiger partial charge in [0.15, 0.2) is 8.32 Å². The van der Waals surface area contributed by atoms with Gasteiger partial charge < -0.3 is 22.4 Å². The van der Waals surface area contributed by atoms with Gasteiger partial charge in [-0.2, -0.15) is 0 Å². The molecule has 0 aliphatic carbocycles. The van der Waals surface area contributed by atoms with Gasteiger partial charge in [-0.15, -0.1) is 0 Å². The summed E-state index contributed by atoms with van der Waals surface area (Å²) >= 11 is 0. The van der Waals surface area contributed by atoms with E-state index in [-0.39, 0.29) is 24.4 Å². The van der Waals surface area contributed by atoms with Crippen molar-refractivity contribution in [3.8, 4) is 0 Å². The van der Waals surface area contributed by atoms with Crippen molar-refractivity contribution in [2.24, 2.45) is 0 Å². The van der Waals surface area contributed by atoms with Gasteiger partial charge in [-0.05, 0) is 66.5 Å². The number of hydrogen-bond donors (Lipinski definition) is 0. The largest absolute Gasteiger partial charge is 0.413 e. The Labute approximate surface area is 324 Å². The molecule has 0 N–H and O–H groups in total. The maximum atomic E-state index is 8.07. The molecule has 0 spiro atoms. The molecule has 0 amide bonds. The third kappa shape index (κ3) is 9.80. The fourth-order valence-corrected chi connectivity index (χ4v) is 34.2. The lowest BCUT2D eigenvalue weighted by molar-refractivity contribution is -0.182. The minimum Gasteiger partial charge on any atom is -0.413 e. The van der Waals surface area contributed by atoms with Gasteiger partial charge in [0, 0.05) is 0 Å². The van der Waals surface area contributed by atoms with Crippen LogP contribution in [0.3, 0.4) is 0 Å². The Hall–Kier alpha value is 0.668. The summed E-state index contributed by atoms with van der Waals surface area (Å²) in [5, 5.41) is 0. The van der Waals surface area contributed by atoms with E-state index in [4.69, 9.17) is 22.4 Å². The molecule has 1 fully saturated rings. The van der Waals surface area contributed by atoms with Gasteiger partial charge in [0.05, 0.1) is 25.4 Å². The molecule has 0 aromatic rings. The van der Waals surface area contributed by atoms with Crippen molar-refractivity contribution in [1.82, 2.24) is 0 Å². The van der Waals surface area contributed by atoms with Crippen LogP contribution in [0.15, 0.2) is 0 Å². The van der Waals surface area contributed by atoms with Crippen molar-refractivity contribution in [2.75, 3.05) is 13.2 Å². The van der Waals surface area contributed by atoms with Gasteiger partial charge in [0.25, 0.3) is 0 Å². The van der Waals surface area contributed by atoms with Crippen LogP contribution in [0.4, 0.5) is 0 Å². The minimum atomic E-state index is -2.38. The lowest BCUT2D eigenvalue weighted by Crippen LogP contribution is -2.68. The van der Waals surface area contributed by atoms with Crippen LogP contribution >= 0.6 is 0 Å². The maximum Gasteiger partial charge on any atom is 0.201 e. The molecule has 306 valence electrons. The van der Waals surface area contributed by atoms with E-state index in [1.54, 1.807) is 0 Å². The minimum absolute atomic E-state index is 0.186. The fraction of sp³-hybridized carbons (Fsp3) is 1.00. The van der Waals surface area contributed by atoms with Gasteiger partial charge in [-0.1, -0.05) is 166 Å². The number of ether oxygens (including phenoxy) is 1. The molecule has 0 bridgehead atoms. The molecule has 1 aliphatic heterocycles. The molecule has 1 saturated heterocycles. The van der Waals surface area contributed by atoms with Crippen molar-refractivity contribution >= 4 is 33.3 Å². The van der Waals surface area contributed by atoms with Crippen LogP contribution in [0.1, 0.15) is 166 Å². The zero-order chi connectivity index (χ0) is 40.2. The first-order valence-electron chi connectivity index (χ1n) is 21.5. The van der Waals surface area contributed by atoms with Crippen LogP contribution in [0.2, 0.25) is 66.5 Å². The molecule has 0 saturated carbocycles. The zero-order valence-corrected chi connectivity index (χ0v) is 42.7. The first kappa shape index (κ1) is 49.7. The van der Waals surface area contributed by atoms with E-state index in [1.165, 1.54) is 0 Å². The monoisotopic (exact) mass is 789 g/mol. The molecular formula is C42H92O5Si4. The number of hydrogen-bond acceptors (Lipinski definition) is 5. The second kappa shape index (κ2) is 19.7. The Kier molecular flexibility index (Phi) is 19.2. The van der Waals surface area contributed by atoms with Crippen LogP contribution in [0.25, 0.3) is 0 Å². The Balaban J connectivity index is 4.28. The molecule has 1 heterocycles. The van der Waals surface area contributed by atoms with Crippen LogP contribution in [-0.2, 0) is 22.4 Å². The SMILES string of the molecule is CC(C)[Si](OC[C@H]1OC[C@H](O[Si](C(C)C)(C(C)C)C(C)C)[C@@H](O[Si](C(C)C)(C(C)C)C(C)C)[C@@H]1O[Si](C(C)C)(C(C)C)C(C)C)(C(C)C)C(C)C. The molecule has 0 unspecified atom stereocenters. The summed E-state index contributed by atoms with van der Waals surface area (Å²) < 4.78 is 38.5.